The number of hydrogen-bond acceptors (Lipinski definition) is 4. The van der Waals surface area contributed by atoms with Gasteiger partial charge in [-0.25, -0.2) is 0 Å². The molecule has 0 radical (unpaired) electrons. The average molecular weight is 373 g/mol. The molecule has 2 N–H and O–H groups in total. The standard InChI is InChI=1S/C21H25ClN2O2/c1-3-21(4-2,17-7-9-18(22)10-8-17)24-14-19(25)15-26-20-11-5-16(13-23)6-12-20/h5-12,19,24-25H,3-4,14-15H2,1-2H3. The number of nitrogens with zero attached hydrogens (tertiary/aromatic N) is 1. The minimum atomic E-state index is -0.643. The van der Waals surface area contributed by atoms with E-state index in [4.69, 9.17) is 21.6 Å². The highest BCUT2D eigenvalue weighted by atomic mass is 35.5. The van der Waals surface area contributed by atoms with Crippen molar-refractivity contribution in [2.24, 2.45) is 0 Å². The fraction of sp³-hybridized carbons (Fsp3) is 0.381. The van der Waals surface area contributed by atoms with Crippen molar-refractivity contribution >= 4 is 11.6 Å². The Kier molecular flexibility index (Phi) is 7.47. The quantitative estimate of drug-likeness (QED) is 0.690. The number of halogens is 1. The van der Waals surface area contributed by atoms with Crippen molar-refractivity contribution in [3.63, 3.8) is 0 Å². The number of aliphatic hydroxyl groups is 1. The van der Waals surface area contributed by atoms with E-state index in [-0.39, 0.29) is 12.1 Å². The van der Waals surface area contributed by atoms with Crippen LogP contribution in [-0.4, -0.2) is 24.4 Å². The molecule has 1 unspecified atom stereocenters. The van der Waals surface area contributed by atoms with Crippen LogP contribution in [0.5, 0.6) is 5.75 Å². The summed E-state index contributed by atoms with van der Waals surface area (Å²) < 4.78 is 5.60. The number of hydrogen-bond donors (Lipinski definition) is 2. The van der Waals surface area contributed by atoms with E-state index in [1.54, 1.807) is 24.3 Å². The Morgan fingerprint density at radius 1 is 1.12 bits per heavy atom. The summed E-state index contributed by atoms with van der Waals surface area (Å²) in [6.07, 6.45) is 1.15. The van der Waals surface area contributed by atoms with Crippen LogP contribution >= 0.6 is 11.6 Å². The van der Waals surface area contributed by atoms with E-state index in [2.05, 4.69) is 25.2 Å². The van der Waals surface area contributed by atoms with Gasteiger partial charge < -0.3 is 15.2 Å². The number of benzene rings is 2. The van der Waals surface area contributed by atoms with E-state index in [0.717, 1.165) is 18.4 Å². The predicted octanol–water partition coefficient (Wildman–Crippen LogP) is 4.26. The first-order valence-electron chi connectivity index (χ1n) is 8.85. The molecule has 1 atom stereocenters. The average Bonchev–Trinajstić information content (AvgIpc) is 2.69. The van der Waals surface area contributed by atoms with Crippen LogP contribution in [0.3, 0.4) is 0 Å². The first-order chi connectivity index (χ1) is 12.5. The minimum Gasteiger partial charge on any atom is -0.491 e. The molecule has 0 spiro atoms. The molecule has 2 rings (SSSR count). The molecule has 2 aromatic carbocycles. The van der Waals surface area contributed by atoms with Gasteiger partial charge in [0.05, 0.1) is 11.6 Å². The van der Waals surface area contributed by atoms with Gasteiger partial charge >= 0.3 is 0 Å². The van der Waals surface area contributed by atoms with Crippen molar-refractivity contribution in [3.05, 3.63) is 64.7 Å². The van der Waals surface area contributed by atoms with Crippen LogP contribution in [0.1, 0.15) is 37.8 Å². The van der Waals surface area contributed by atoms with Gasteiger partial charge in [0.1, 0.15) is 18.5 Å². The van der Waals surface area contributed by atoms with Crippen LogP contribution in [0.4, 0.5) is 0 Å². The Morgan fingerprint density at radius 2 is 1.73 bits per heavy atom. The molecule has 26 heavy (non-hydrogen) atoms. The molecule has 0 heterocycles. The maximum Gasteiger partial charge on any atom is 0.119 e. The lowest BCUT2D eigenvalue weighted by molar-refractivity contribution is 0.0946. The molecular weight excluding hydrogens is 348 g/mol. The predicted molar refractivity (Wildman–Crippen MR) is 104 cm³/mol. The molecule has 138 valence electrons. The molecular formula is C21H25ClN2O2. The number of nitriles is 1. The molecule has 5 heteroatoms. The van der Waals surface area contributed by atoms with Gasteiger partial charge in [-0.3, -0.25) is 0 Å². The van der Waals surface area contributed by atoms with Gasteiger partial charge in [0.15, 0.2) is 0 Å². The molecule has 4 nitrogen and oxygen atoms in total. The van der Waals surface area contributed by atoms with Crippen LogP contribution in [0.25, 0.3) is 0 Å². The number of rotatable bonds is 9. The summed E-state index contributed by atoms with van der Waals surface area (Å²) in [5.74, 6) is 0.637. The highest BCUT2D eigenvalue weighted by Gasteiger charge is 2.28. The molecule has 0 saturated heterocycles. The summed E-state index contributed by atoms with van der Waals surface area (Å²) in [4.78, 5) is 0. The van der Waals surface area contributed by atoms with Gasteiger partial charge in [-0.05, 0) is 54.8 Å². The van der Waals surface area contributed by atoms with Crippen LogP contribution in [0.2, 0.25) is 5.02 Å². The monoisotopic (exact) mass is 372 g/mol. The molecule has 0 aromatic heterocycles. The second-order valence-electron chi connectivity index (χ2n) is 6.28. The summed E-state index contributed by atoms with van der Waals surface area (Å²) in [5.41, 5.74) is 1.53. The zero-order valence-corrected chi connectivity index (χ0v) is 16.0. The lowest BCUT2D eigenvalue weighted by atomic mass is 9.84. The van der Waals surface area contributed by atoms with E-state index < -0.39 is 6.10 Å². The van der Waals surface area contributed by atoms with Crippen molar-refractivity contribution in [2.45, 2.75) is 38.3 Å². The van der Waals surface area contributed by atoms with Gasteiger partial charge in [0.25, 0.3) is 0 Å². The summed E-state index contributed by atoms with van der Waals surface area (Å²) in [7, 11) is 0. The topological polar surface area (TPSA) is 65.3 Å². The van der Waals surface area contributed by atoms with Crippen molar-refractivity contribution in [1.29, 1.82) is 5.26 Å². The van der Waals surface area contributed by atoms with E-state index >= 15 is 0 Å². The summed E-state index contributed by atoms with van der Waals surface area (Å²) in [6.45, 7) is 4.86. The second-order valence-corrected chi connectivity index (χ2v) is 6.71. The first kappa shape index (κ1) is 20.3. The molecule has 0 saturated carbocycles. The van der Waals surface area contributed by atoms with Crippen LogP contribution in [-0.2, 0) is 5.54 Å². The zero-order valence-electron chi connectivity index (χ0n) is 15.2. The van der Waals surface area contributed by atoms with E-state index in [1.165, 1.54) is 0 Å². The third-order valence-electron chi connectivity index (χ3n) is 4.71. The zero-order chi connectivity index (χ0) is 19.0. The Labute approximate surface area is 160 Å². The van der Waals surface area contributed by atoms with Crippen LogP contribution in [0.15, 0.2) is 48.5 Å². The highest BCUT2D eigenvalue weighted by Crippen LogP contribution is 2.29. The number of ether oxygens (including phenoxy) is 1. The van der Waals surface area contributed by atoms with Gasteiger partial charge in [-0.1, -0.05) is 37.6 Å². The van der Waals surface area contributed by atoms with Crippen molar-refractivity contribution in [1.82, 2.24) is 5.32 Å². The van der Waals surface area contributed by atoms with Gasteiger partial charge in [-0.15, -0.1) is 0 Å². The van der Waals surface area contributed by atoms with Crippen molar-refractivity contribution in [3.8, 4) is 11.8 Å². The van der Waals surface area contributed by atoms with Gasteiger partial charge in [-0.2, -0.15) is 5.26 Å². The maximum atomic E-state index is 10.3. The SMILES string of the molecule is CCC(CC)(NCC(O)COc1ccc(C#N)cc1)c1ccc(Cl)cc1. The normalized spacial score (nSPS) is 12.4. The minimum absolute atomic E-state index is 0.184. The third-order valence-corrected chi connectivity index (χ3v) is 4.96. The molecule has 0 bridgehead atoms. The largest absolute Gasteiger partial charge is 0.491 e. The maximum absolute atomic E-state index is 10.3. The molecule has 0 aliphatic carbocycles. The Bertz CT molecular complexity index is 719. The Balaban J connectivity index is 1.93. The summed E-state index contributed by atoms with van der Waals surface area (Å²) in [5, 5.41) is 23.3. The van der Waals surface area contributed by atoms with E-state index in [9.17, 15) is 5.11 Å². The molecule has 0 fully saturated rings. The van der Waals surface area contributed by atoms with Crippen molar-refractivity contribution < 1.29 is 9.84 Å². The highest BCUT2D eigenvalue weighted by molar-refractivity contribution is 6.30. The molecule has 0 aliphatic rings. The first-order valence-corrected chi connectivity index (χ1v) is 9.23. The van der Waals surface area contributed by atoms with E-state index in [0.29, 0.717) is 22.9 Å². The van der Waals surface area contributed by atoms with Crippen molar-refractivity contribution in [2.75, 3.05) is 13.2 Å². The Morgan fingerprint density at radius 3 is 2.27 bits per heavy atom. The fourth-order valence-electron chi connectivity index (χ4n) is 2.97. The van der Waals surface area contributed by atoms with Crippen LogP contribution < -0.4 is 10.1 Å². The Hall–Kier alpha value is -2.06. The molecule has 2 aromatic rings. The van der Waals surface area contributed by atoms with Crippen LogP contribution in [0, 0.1) is 11.3 Å². The summed E-state index contributed by atoms with van der Waals surface area (Å²) in [6, 6.07) is 16.8. The lowest BCUT2D eigenvalue weighted by Crippen LogP contribution is -2.46. The van der Waals surface area contributed by atoms with Gasteiger partial charge in [0, 0.05) is 17.1 Å². The third kappa shape index (κ3) is 5.22. The fourth-order valence-corrected chi connectivity index (χ4v) is 3.10. The summed E-state index contributed by atoms with van der Waals surface area (Å²) >= 11 is 6.00. The van der Waals surface area contributed by atoms with E-state index in [1.807, 2.05) is 24.3 Å². The molecule has 0 aliphatic heterocycles. The number of nitrogens with one attached hydrogen (secondary N) is 1. The molecule has 0 amide bonds. The lowest BCUT2D eigenvalue weighted by Gasteiger charge is -2.34. The number of aliphatic hydroxyl groups excluding tert-OH is 1. The smallest absolute Gasteiger partial charge is 0.119 e. The second kappa shape index (κ2) is 9.59. The van der Waals surface area contributed by atoms with Gasteiger partial charge in [0.2, 0.25) is 0 Å².